The van der Waals surface area contributed by atoms with Gasteiger partial charge in [0.25, 0.3) is 0 Å². The van der Waals surface area contributed by atoms with Gasteiger partial charge in [-0.3, -0.25) is 0 Å². The molecule has 0 aromatic carbocycles. The van der Waals surface area contributed by atoms with Crippen molar-refractivity contribution in [3.05, 3.63) is 30.1 Å². The smallest absolute Gasteiger partial charge is 0.308 e. The second kappa shape index (κ2) is 4.56. The number of halogens is 1. The summed E-state index contributed by atoms with van der Waals surface area (Å²) in [5.41, 5.74) is 6.06. The summed E-state index contributed by atoms with van der Waals surface area (Å²) in [6.45, 7) is 0.610. The molecule has 12 heavy (non-hydrogen) atoms. The van der Waals surface area contributed by atoms with Crippen LogP contribution in [0.2, 0.25) is 0 Å². The van der Waals surface area contributed by atoms with Crippen molar-refractivity contribution in [2.24, 2.45) is 5.73 Å². The zero-order valence-corrected chi connectivity index (χ0v) is 6.57. The maximum Gasteiger partial charge on any atom is 0.308 e. The highest BCUT2D eigenvalue weighted by atomic mass is 19.1. The molecule has 1 rings (SSSR count). The second-order valence-corrected chi connectivity index (χ2v) is 2.27. The Hall–Kier alpha value is -1.29. The number of aromatic nitrogens is 2. The van der Waals surface area contributed by atoms with Crippen LogP contribution >= 0.6 is 0 Å². The summed E-state index contributed by atoms with van der Waals surface area (Å²) in [5, 5.41) is 0. The van der Waals surface area contributed by atoms with Crippen LogP contribution in [0.5, 0.6) is 0 Å². The first-order valence-electron chi connectivity index (χ1n) is 3.67. The standard InChI is InChI=1S/C8H10FN3/c9-8-11-5-7(6-12-8)3-1-2-4-10/h1,3,5-6H,2,4,10H2. The molecule has 0 saturated heterocycles. The van der Waals surface area contributed by atoms with Crippen molar-refractivity contribution >= 4 is 6.08 Å². The average molecular weight is 167 g/mol. The third kappa shape index (κ3) is 2.75. The Kier molecular flexibility index (Phi) is 3.35. The summed E-state index contributed by atoms with van der Waals surface area (Å²) in [6.07, 6.45) is 6.66. The highest BCUT2D eigenvalue weighted by molar-refractivity contribution is 5.45. The molecule has 4 heteroatoms. The van der Waals surface area contributed by atoms with Gasteiger partial charge in [-0.15, -0.1) is 0 Å². The minimum Gasteiger partial charge on any atom is -0.330 e. The third-order valence-electron chi connectivity index (χ3n) is 1.28. The monoisotopic (exact) mass is 167 g/mol. The minimum absolute atomic E-state index is 0.610. The summed E-state index contributed by atoms with van der Waals surface area (Å²) in [4.78, 5) is 6.80. The van der Waals surface area contributed by atoms with E-state index in [2.05, 4.69) is 9.97 Å². The van der Waals surface area contributed by atoms with Crippen molar-refractivity contribution in [2.45, 2.75) is 6.42 Å². The zero-order chi connectivity index (χ0) is 8.81. The Morgan fingerprint density at radius 1 is 1.42 bits per heavy atom. The maximum atomic E-state index is 12.2. The molecule has 0 aliphatic rings. The van der Waals surface area contributed by atoms with E-state index < -0.39 is 6.08 Å². The van der Waals surface area contributed by atoms with Crippen molar-refractivity contribution in [3.63, 3.8) is 0 Å². The Morgan fingerprint density at radius 2 is 2.08 bits per heavy atom. The summed E-state index contributed by atoms with van der Waals surface area (Å²) in [6, 6.07) is 0. The summed E-state index contributed by atoms with van der Waals surface area (Å²) in [7, 11) is 0. The predicted octanol–water partition coefficient (Wildman–Crippen LogP) is 0.978. The van der Waals surface area contributed by atoms with Crippen molar-refractivity contribution in [1.82, 2.24) is 9.97 Å². The van der Waals surface area contributed by atoms with Gasteiger partial charge in [0.15, 0.2) is 0 Å². The SMILES string of the molecule is NCCC=Cc1cnc(F)nc1. The fraction of sp³-hybridized carbons (Fsp3) is 0.250. The lowest BCUT2D eigenvalue weighted by molar-refractivity contribution is 0.538. The molecule has 0 fully saturated rings. The second-order valence-electron chi connectivity index (χ2n) is 2.27. The molecule has 1 heterocycles. The summed E-state index contributed by atoms with van der Waals surface area (Å²) >= 11 is 0. The molecule has 1 aromatic heterocycles. The molecule has 0 saturated carbocycles. The van der Waals surface area contributed by atoms with Crippen molar-refractivity contribution < 1.29 is 4.39 Å². The lowest BCUT2D eigenvalue weighted by Crippen LogP contribution is -1.95. The molecule has 3 nitrogen and oxygen atoms in total. The Balaban J connectivity index is 2.58. The minimum atomic E-state index is -0.703. The van der Waals surface area contributed by atoms with E-state index in [1.54, 1.807) is 0 Å². The Morgan fingerprint density at radius 3 is 2.67 bits per heavy atom. The van der Waals surface area contributed by atoms with Gasteiger partial charge in [-0.1, -0.05) is 12.2 Å². The third-order valence-corrected chi connectivity index (χ3v) is 1.28. The van der Waals surface area contributed by atoms with E-state index in [-0.39, 0.29) is 0 Å². The van der Waals surface area contributed by atoms with E-state index in [0.717, 1.165) is 12.0 Å². The van der Waals surface area contributed by atoms with Crippen molar-refractivity contribution in [2.75, 3.05) is 6.54 Å². The molecule has 0 bridgehead atoms. The zero-order valence-electron chi connectivity index (χ0n) is 6.57. The maximum absolute atomic E-state index is 12.2. The lowest BCUT2D eigenvalue weighted by Gasteiger charge is -1.90. The lowest BCUT2D eigenvalue weighted by atomic mass is 10.3. The predicted molar refractivity (Wildman–Crippen MR) is 44.7 cm³/mol. The highest BCUT2D eigenvalue weighted by Crippen LogP contribution is 1.98. The largest absolute Gasteiger partial charge is 0.330 e. The first-order valence-corrected chi connectivity index (χ1v) is 3.67. The number of nitrogens with two attached hydrogens (primary N) is 1. The first kappa shape index (κ1) is 8.80. The molecule has 0 spiro atoms. The van der Waals surface area contributed by atoms with Crippen LogP contribution in [0.3, 0.4) is 0 Å². The van der Waals surface area contributed by atoms with Crippen LogP contribution < -0.4 is 5.73 Å². The molecule has 0 aliphatic carbocycles. The number of nitrogens with zero attached hydrogens (tertiary/aromatic N) is 2. The van der Waals surface area contributed by atoms with Gasteiger partial charge < -0.3 is 5.73 Å². The molecular weight excluding hydrogens is 157 g/mol. The number of hydrogen-bond donors (Lipinski definition) is 1. The molecule has 0 aliphatic heterocycles. The van der Waals surface area contributed by atoms with Crippen LogP contribution in [0.25, 0.3) is 6.08 Å². The van der Waals surface area contributed by atoms with Crippen LogP contribution in [-0.2, 0) is 0 Å². The van der Waals surface area contributed by atoms with Crippen LogP contribution in [0.4, 0.5) is 4.39 Å². The van der Waals surface area contributed by atoms with E-state index >= 15 is 0 Å². The van der Waals surface area contributed by atoms with Crippen molar-refractivity contribution in [3.8, 4) is 0 Å². The summed E-state index contributed by atoms with van der Waals surface area (Å²) < 4.78 is 12.2. The van der Waals surface area contributed by atoms with Gasteiger partial charge in [0, 0.05) is 18.0 Å². The molecule has 0 radical (unpaired) electrons. The van der Waals surface area contributed by atoms with E-state index in [0.29, 0.717) is 6.54 Å². The van der Waals surface area contributed by atoms with E-state index in [4.69, 9.17) is 5.73 Å². The van der Waals surface area contributed by atoms with Gasteiger partial charge in [0.2, 0.25) is 0 Å². The highest BCUT2D eigenvalue weighted by Gasteiger charge is 1.90. The van der Waals surface area contributed by atoms with Crippen LogP contribution in [-0.4, -0.2) is 16.5 Å². The van der Waals surface area contributed by atoms with Gasteiger partial charge in [-0.25, -0.2) is 9.97 Å². The normalized spacial score (nSPS) is 10.8. The van der Waals surface area contributed by atoms with Gasteiger partial charge >= 0.3 is 6.08 Å². The van der Waals surface area contributed by atoms with Crippen LogP contribution in [0.15, 0.2) is 18.5 Å². The van der Waals surface area contributed by atoms with Crippen LogP contribution in [0.1, 0.15) is 12.0 Å². The van der Waals surface area contributed by atoms with Crippen molar-refractivity contribution in [1.29, 1.82) is 0 Å². The van der Waals surface area contributed by atoms with Gasteiger partial charge in [-0.05, 0) is 13.0 Å². The van der Waals surface area contributed by atoms with Crippen LogP contribution in [0, 0.1) is 6.08 Å². The molecular formula is C8H10FN3. The topological polar surface area (TPSA) is 51.8 Å². The van der Waals surface area contributed by atoms with E-state index in [1.165, 1.54) is 12.4 Å². The fourth-order valence-corrected chi connectivity index (χ4v) is 0.724. The number of rotatable bonds is 3. The Bertz CT molecular complexity index is 256. The molecule has 0 unspecified atom stereocenters. The quantitative estimate of drug-likeness (QED) is 0.682. The molecule has 0 amide bonds. The van der Waals surface area contributed by atoms with Gasteiger partial charge in [0.1, 0.15) is 0 Å². The Labute approximate surface area is 70.1 Å². The fourth-order valence-electron chi connectivity index (χ4n) is 0.724. The average Bonchev–Trinajstić information content (AvgIpc) is 2.09. The van der Waals surface area contributed by atoms with E-state index in [1.807, 2.05) is 12.2 Å². The first-order chi connectivity index (χ1) is 5.83. The van der Waals surface area contributed by atoms with Gasteiger partial charge in [-0.2, -0.15) is 4.39 Å². The molecule has 0 atom stereocenters. The molecule has 1 aromatic rings. The van der Waals surface area contributed by atoms with E-state index in [9.17, 15) is 4.39 Å². The number of hydrogen-bond acceptors (Lipinski definition) is 3. The molecule has 2 N–H and O–H groups in total. The molecule has 64 valence electrons. The summed E-state index contributed by atoms with van der Waals surface area (Å²) in [5.74, 6) is 0. The van der Waals surface area contributed by atoms with Gasteiger partial charge in [0.05, 0.1) is 0 Å².